The van der Waals surface area contributed by atoms with Crippen LogP contribution >= 0.6 is 0 Å². The standard InChI is InChI=1S/C13H17F3N2/c1-12(17-2)7-8-18(9-12)11-5-3-10(4-6-11)13(14,15)16/h3-6,17H,7-9H2,1-2H3. The molecule has 1 aliphatic heterocycles. The lowest BCUT2D eigenvalue weighted by atomic mass is 10.0. The van der Waals surface area contributed by atoms with Crippen LogP contribution in [0.3, 0.4) is 0 Å². The van der Waals surface area contributed by atoms with Gasteiger partial charge in [0.1, 0.15) is 0 Å². The van der Waals surface area contributed by atoms with Gasteiger partial charge in [-0.15, -0.1) is 0 Å². The van der Waals surface area contributed by atoms with E-state index in [1.165, 1.54) is 0 Å². The minimum absolute atomic E-state index is 0.0443. The lowest BCUT2D eigenvalue weighted by Crippen LogP contribution is -2.42. The first-order chi connectivity index (χ1) is 8.34. The van der Waals surface area contributed by atoms with E-state index < -0.39 is 11.7 Å². The van der Waals surface area contributed by atoms with E-state index in [-0.39, 0.29) is 5.54 Å². The lowest BCUT2D eigenvalue weighted by Gasteiger charge is -2.25. The Balaban J connectivity index is 2.12. The fraction of sp³-hybridized carbons (Fsp3) is 0.538. The molecule has 1 aromatic carbocycles. The highest BCUT2D eigenvalue weighted by molar-refractivity contribution is 5.49. The third-order valence-electron chi connectivity index (χ3n) is 3.64. The largest absolute Gasteiger partial charge is 0.416 e. The molecule has 1 atom stereocenters. The van der Waals surface area contributed by atoms with Gasteiger partial charge in [-0.2, -0.15) is 13.2 Å². The molecule has 0 aliphatic carbocycles. The zero-order chi connectivity index (χ0) is 13.4. The van der Waals surface area contributed by atoms with Crippen molar-refractivity contribution in [2.45, 2.75) is 25.1 Å². The van der Waals surface area contributed by atoms with Crippen LogP contribution in [0.25, 0.3) is 0 Å². The monoisotopic (exact) mass is 258 g/mol. The SMILES string of the molecule is CNC1(C)CCN(c2ccc(C(F)(F)F)cc2)C1. The highest BCUT2D eigenvalue weighted by atomic mass is 19.4. The van der Waals surface area contributed by atoms with E-state index in [0.29, 0.717) is 0 Å². The van der Waals surface area contributed by atoms with Crippen molar-refractivity contribution in [3.8, 4) is 0 Å². The quantitative estimate of drug-likeness (QED) is 0.877. The third-order valence-corrected chi connectivity index (χ3v) is 3.64. The summed E-state index contributed by atoms with van der Waals surface area (Å²) in [5, 5.41) is 3.25. The first-order valence-corrected chi connectivity index (χ1v) is 5.95. The molecule has 1 heterocycles. The van der Waals surface area contributed by atoms with Crippen molar-refractivity contribution >= 4 is 5.69 Å². The number of alkyl halides is 3. The van der Waals surface area contributed by atoms with E-state index >= 15 is 0 Å². The fourth-order valence-corrected chi connectivity index (χ4v) is 2.25. The van der Waals surface area contributed by atoms with Crippen molar-refractivity contribution < 1.29 is 13.2 Å². The summed E-state index contributed by atoms with van der Waals surface area (Å²) < 4.78 is 37.4. The van der Waals surface area contributed by atoms with Gasteiger partial charge in [0, 0.05) is 24.3 Å². The molecular formula is C13H17F3N2. The normalized spacial score (nSPS) is 24.6. The molecule has 1 fully saturated rings. The van der Waals surface area contributed by atoms with Crippen LogP contribution in [0.5, 0.6) is 0 Å². The van der Waals surface area contributed by atoms with Crippen molar-refractivity contribution in [1.82, 2.24) is 5.32 Å². The molecule has 1 N–H and O–H groups in total. The zero-order valence-corrected chi connectivity index (χ0v) is 10.5. The molecule has 0 amide bonds. The van der Waals surface area contributed by atoms with Crippen LogP contribution in [-0.4, -0.2) is 25.7 Å². The summed E-state index contributed by atoms with van der Waals surface area (Å²) in [6.45, 7) is 3.80. The molecule has 1 unspecified atom stereocenters. The predicted molar refractivity (Wildman–Crippen MR) is 65.7 cm³/mol. The number of rotatable bonds is 2. The molecule has 18 heavy (non-hydrogen) atoms. The maximum Gasteiger partial charge on any atom is 0.416 e. The van der Waals surface area contributed by atoms with Crippen molar-refractivity contribution in [3.63, 3.8) is 0 Å². The van der Waals surface area contributed by atoms with Crippen LogP contribution in [0.15, 0.2) is 24.3 Å². The second kappa shape index (κ2) is 4.46. The topological polar surface area (TPSA) is 15.3 Å². The van der Waals surface area contributed by atoms with E-state index in [2.05, 4.69) is 17.1 Å². The number of hydrogen-bond donors (Lipinski definition) is 1. The Morgan fingerprint density at radius 3 is 2.28 bits per heavy atom. The van der Waals surface area contributed by atoms with Gasteiger partial charge >= 0.3 is 6.18 Å². The summed E-state index contributed by atoms with van der Waals surface area (Å²) in [4.78, 5) is 2.11. The Morgan fingerprint density at radius 1 is 1.22 bits per heavy atom. The second-order valence-electron chi connectivity index (χ2n) is 5.03. The number of likely N-dealkylation sites (N-methyl/N-ethyl adjacent to an activating group) is 1. The van der Waals surface area contributed by atoms with E-state index in [0.717, 1.165) is 37.3 Å². The van der Waals surface area contributed by atoms with Gasteiger partial charge in [0.05, 0.1) is 5.56 Å². The highest BCUT2D eigenvalue weighted by Gasteiger charge is 2.33. The van der Waals surface area contributed by atoms with E-state index in [1.54, 1.807) is 12.1 Å². The number of anilines is 1. The first kappa shape index (κ1) is 13.2. The van der Waals surface area contributed by atoms with Gasteiger partial charge in [0.2, 0.25) is 0 Å². The minimum Gasteiger partial charge on any atom is -0.370 e. The van der Waals surface area contributed by atoms with Gasteiger partial charge < -0.3 is 10.2 Å². The summed E-state index contributed by atoms with van der Waals surface area (Å²) >= 11 is 0. The van der Waals surface area contributed by atoms with Gasteiger partial charge in [-0.3, -0.25) is 0 Å². The molecule has 1 aromatic rings. The number of hydrogen-bond acceptors (Lipinski definition) is 2. The smallest absolute Gasteiger partial charge is 0.370 e. The number of benzene rings is 1. The molecule has 0 spiro atoms. The van der Waals surface area contributed by atoms with Gasteiger partial charge in [-0.1, -0.05) is 0 Å². The zero-order valence-electron chi connectivity index (χ0n) is 10.5. The average molecular weight is 258 g/mol. The van der Waals surface area contributed by atoms with E-state index in [9.17, 15) is 13.2 Å². The van der Waals surface area contributed by atoms with E-state index in [4.69, 9.17) is 0 Å². The first-order valence-electron chi connectivity index (χ1n) is 5.95. The van der Waals surface area contributed by atoms with Crippen LogP contribution in [0.2, 0.25) is 0 Å². The predicted octanol–water partition coefficient (Wildman–Crippen LogP) is 2.89. The Kier molecular flexibility index (Phi) is 3.27. The van der Waals surface area contributed by atoms with Crippen LogP contribution in [-0.2, 0) is 6.18 Å². The lowest BCUT2D eigenvalue weighted by molar-refractivity contribution is -0.137. The van der Waals surface area contributed by atoms with Gasteiger partial charge in [-0.05, 0) is 44.7 Å². The molecule has 0 aromatic heterocycles. The highest BCUT2D eigenvalue weighted by Crippen LogP contribution is 2.32. The Hall–Kier alpha value is -1.23. The molecule has 0 saturated carbocycles. The van der Waals surface area contributed by atoms with Gasteiger partial charge in [-0.25, -0.2) is 0 Å². The number of nitrogens with one attached hydrogen (secondary N) is 1. The Morgan fingerprint density at radius 2 is 1.83 bits per heavy atom. The molecular weight excluding hydrogens is 241 g/mol. The minimum atomic E-state index is -4.26. The van der Waals surface area contributed by atoms with Crippen LogP contribution in [0, 0.1) is 0 Å². The van der Waals surface area contributed by atoms with Crippen LogP contribution in [0.1, 0.15) is 18.9 Å². The molecule has 100 valence electrons. The maximum atomic E-state index is 12.5. The van der Waals surface area contributed by atoms with Crippen molar-refractivity contribution in [2.24, 2.45) is 0 Å². The van der Waals surface area contributed by atoms with Gasteiger partial charge in [0.25, 0.3) is 0 Å². The second-order valence-corrected chi connectivity index (χ2v) is 5.03. The van der Waals surface area contributed by atoms with Crippen molar-refractivity contribution in [2.75, 3.05) is 25.0 Å². The molecule has 0 bridgehead atoms. The Bertz CT molecular complexity index is 413. The number of nitrogens with zero attached hydrogens (tertiary/aromatic N) is 1. The molecule has 1 saturated heterocycles. The van der Waals surface area contributed by atoms with Gasteiger partial charge in [0.15, 0.2) is 0 Å². The van der Waals surface area contributed by atoms with E-state index in [1.807, 2.05) is 7.05 Å². The molecule has 2 rings (SSSR count). The summed E-state index contributed by atoms with van der Waals surface area (Å²) in [7, 11) is 1.91. The summed E-state index contributed by atoms with van der Waals surface area (Å²) in [6, 6.07) is 5.38. The fourth-order valence-electron chi connectivity index (χ4n) is 2.25. The van der Waals surface area contributed by atoms with Crippen LogP contribution < -0.4 is 10.2 Å². The third kappa shape index (κ3) is 2.61. The Labute approximate surface area is 105 Å². The van der Waals surface area contributed by atoms with Crippen molar-refractivity contribution in [1.29, 1.82) is 0 Å². The molecule has 5 heteroatoms. The molecule has 2 nitrogen and oxygen atoms in total. The van der Waals surface area contributed by atoms with Crippen molar-refractivity contribution in [3.05, 3.63) is 29.8 Å². The number of halogens is 3. The van der Waals surface area contributed by atoms with Crippen LogP contribution in [0.4, 0.5) is 18.9 Å². The summed E-state index contributed by atoms with van der Waals surface area (Å²) in [5.74, 6) is 0. The molecule has 1 aliphatic rings. The maximum absolute atomic E-state index is 12.5. The molecule has 0 radical (unpaired) electrons. The summed E-state index contributed by atoms with van der Waals surface area (Å²) in [6.07, 6.45) is -3.27. The average Bonchev–Trinajstić information content (AvgIpc) is 2.72. The summed E-state index contributed by atoms with van der Waals surface area (Å²) in [5.41, 5.74) is 0.298.